The molecule has 0 aromatic heterocycles. The van der Waals surface area contributed by atoms with Crippen LogP contribution in [0, 0.1) is 0 Å². The number of carbonyl (C=O) groups is 1. The maximum atomic E-state index is 11.4. The summed E-state index contributed by atoms with van der Waals surface area (Å²) in [4.78, 5) is 11.4. The van der Waals surface area contributed by atoms with Crippen LogP contribution in [-0.2, 0) is 4.74 Å². The van der Waals surface area contributed by atoms with Gasteiger partial charge in [0.2, 0.25) is 0 Å². The zero-order valence-electron chi connectivity index (χ0n) is 11.3. The van der Waals surface area contributed by atoms with E-state index in [0.29, 0.717) is 23.2 Å². The van der Waals surface area contributed by atoms with E-state index in [-0.39, 0.29) is 5.78 Å². The Kier molecular flexibility index (Phi) is 5.73. The zero-order valence-corrected chi connectivity index (χ0v) is 12.1. The van der Waals surface area contributed by atoms with Crippen molar-refractivity contribution in [3.8, 4) is 5.75 Å². The van der Waals surface area contributed by atoms with Gasteiger partial charge in [-0.3, -0.25) is 4.79 Å². The van der Waals surface area contributed by atoms with E-state index in [1.54, 1.807) is 6.92 Å². The Morgan fingerprint density at radius 1 is 1.37 bits per heavy atom. The van der Waals surface area contributed by atoms with Gasteiger partial charge in [-0.15, -0.1) is 0 Å². The number of ether oxygens (including phenoxy) is 2. The molecule has 0 spiro atoms. The summed E-state index contributed by atoms with van der Waals surface area (Å²) in [6, 6.07) is 7.42. The lowest BCUT2D eigenvalue weighted by Gasteiger charge is -2.21. The van der Waals surface area contributed by atoms with E-state index in [1.165, 1.54) is 0 Å². The first-order valence-corrected chi connectivity index (χ1v) is 7.74. The first-order chi connectivity index (χ1) is 9.27. The van der Waals surface area contributed by atoms with Crippen molar-refractivity contribution >= 4 is 17.5 Å². The first kappa shape index (κ1) is 14.4. The number of Topliss-reactive ketones (excluding diaryl/α,β-unsaturated/α-hetero) is 1. The second-order valence-electron chi connectivity index (χ2n) is 4.58. The molecule has 4 heteroatoms. The molecule has 104 valence electrons. The Morgan fingerprint density at radius 2 is 2.11 bits per heavy atom. The number of ketones is 1. The molecule has 3 nitrogen and oxygen atoms in total. The minimum Gasteiger partial charge on any atom is -0.492 e. The number of para-hydroxylation sites is 1. The summed E-state index contributed by atoms with van der Waals surface area (Å²) in [7, 11) is 0. The second kappa shape index (κ2) is 7.56. The van der Waals surface area contributed by atoms with E-state index >= 15 is 0 Å². The van der Waals surface area contributed by atoms with Crippen LogP contribution >= 0.6 is 11.8 Å². The van der Waals surface area contributed by atoms with Crippen molar-refractivity contribution in [3.05, 3.63) is 29.8 Å². The molecule has 19 heavy (non-hydrogen) atoms. The summed E-state index contributed by atoms with van der Waals surface area (Å²) in [5, 5.41) is 0.695. The summed E-state index contributed by atoms with van der Waals surface area (Å²) in [5.41, 5.74) is 0.665. The van der Waals surface area contributed by atoms with E-state index in [1.807, 2.05) is 36.0 Å². The molecule has 1 aliphatic heterocycles. The number of carbonyl (C=O) groups excluding carboxylic acids is 1. The van der Waals surface area contributed by atoms with Crippen LogP contribution in [0.15, 0.2) is 24.3 Å². The SMILES string of the molecule is CC(=O)c1ccccc1OCCSC1CCOCC1. The number of benzene rings is 1. The minimum absolute atomic E-state index is 0.0488. The molecule has 1 aliphatic rings. The molecule has 0 saturated carbocycles. The summed E-state index contributed by atoms with van der Waals surface area (Å²) >= 11 is 1.94. The maximum Gasteiger partial charge on any atom is 0.163 e. The largest absolute Gasteiger partial charge is 0.492 e. The van der Waals surface area contributed by atoms with Crippen LogP contribution in [0.2, 0.25) is 0 Å². The number of thioether (sulfide) groups is 1. The highest BCUT2D eigenvalue weighted by Crippen LogP contribution is 2.23. The molecule has 1 saturated heterocycles. The summed E-state index contributed by atoms with van der Waals surface area (Å²) < 4.78 is 11.1. The van der Waals surface area contributed by atoms with Crippen LogP contribution in [0.25, 0.3) is 0 Å². The molecule has 0 N–H and O–H groups in total. The lowest BCUT2D eigenvalue weighted by molar-refractivity contribution is 0.0998. The fraction of sp³-hybridized carbons (Fsp3) is 0.533. The Bertz CT molecular complexity index is 414. The normalized spacial score (nSPS) is 16.3. The number of hydrogen-bond donors (Lipinski definition) is 0. The third-order valence-corrected chi connectivity index (χ3v) is 4.47. The molecule has 2 rings (SSSR count). The molecular weight excluding hydrogens is 260 g/mol. The molecule has 0 atom stereocenters. The van der Waals surface area contributed by atoms with Gasteiger partial charge in [-0.2, -0.15) is 11.8 Å². The second-order valence-corrected chi connectivity index (χ2v) is 5.99. The van der Waals surface area contributed by atoms with Crippen molar-refractivity contribution in [2.24, 2.45) is 0 Å². The predicted octanol–water partition coefficient (Wildman–Crippen LogP) is 3.18. The van der Waals surface area contributed by atoms with Gasteiger partial charge in [-0.25, -0.2) is 0 Å². The quantitative estimate of drug-likeness (QED) is 0.592. The Balaban J connectivity index is 1.74. The maximum absolute atomic E-state index is 11.4. The topological polar surface area (TPSA) is 35.5 Å². The van der Waals surface area contributed by atoms with Gasteiger partial charge in [-0.1, -0.05) is 12.1 Å². The van der Waals surface area contributed by atoms with Crippen molar-refractivity contribution in [3.63, 3.8) is 0 Å². The van der Waals surface area contributed by atoms with Crippen LogP contribution in [0.5, 0.6) is 5.75 Å². The van der Waals surface area contributed by atoms with Gasteiger partial charge in [-0.05, 0) is 31.9 Å². The van der Waals surface area contributed by atoms with E-state index in [4.69, 9.17) is 9.47 Å². The molecule has 0 amide bonds. The Hall–Kier alpha value is -1.00. The first-order valence-electron chi connectivity index (χ1n) is 6.69. The lowest BCUT2D eigenvalue weighted by atomic mass is 10.1. The summed E-state index contributed by atoms with van der Waals surface area (Å²) in [5.74, 6) is 1.70. The van der Waals surface area contributed by atoms with E-state index in [2.05, 4.69) is 0 Å². The van der Waals surface area contributed by atoms with Crippen LogP contribution in [0.4, 0.5) is 0 Å². The number of hydrogen-bond acceptors (Lipinski definition) is 4. The third-order valence-electron chi connectivity index (χ3n) is 3.13. The molecule has 1 aromatic carbocycles. The van der Waals surface area contributed by atoms with Gasteiger partial charge in [0.1, 0.15) is 5.75 Å². The smallest absolute Gasteiger partial charge is 0.163 e. The summed E-state index contributed by atoms with van der Waals surface area (Å²) in [6.45, 7) is 3.97. The predicted molar refractivity (Wildman–Crippen MR) is 78.2 cm³/mol. The van der Waals surface area contributed by atoms with Gasteiger partial charge in [0.25, 0.3) is 0 Å². The third kappa shape index (κ3) is 4.55. The van der Waals surface area contributed by atoms with Gasteiger partial charge < -0.3 is 9.47 Å². The Labute approximate surface area is 118 Å². The average molecular weight is 280 g/mol. The molecule has 0 aliphatic carbocycles. The average Bonchev–Trinajstić information content (AvgIpc) is 2.45. The highest BCUT2D eigenvalue weighted by Gasteiger charge is 2.14. The van der Waals surface area contributed by atoms with E-state index in [9.17, 15) is 4.79 Å². The molecule has 1 heterocycles. The van der Waals surface area contributed by atoms with Crippen molar-refractivity contribution < 1.29 is 14.3 Å². The van der Waals surface area contributed by atoms with Crippen molar-refractivity contribution in [1.29, 1.82) is 0 Å². The van der Waals surface area contributed by atoms with Crippen molar-refractivity contribution in [2.45, 2.75) is 25.0 Å². The fourth-order valence-corrected chi connectivity index (χ4v) is 3.13. The molecule has 0 bridgehead atoms. The highest BCUT2D eigenvalue weighted by atomic mass is 32.2. The standard InChI is InChI=1S/C15H20O3S/c1-12(16)14-4-2-3-5-15(14)18-10-11-19-13-6-8-17-9-7-13/h2-5,13H,6-11H2,1H3. The highest BCUT2D eigenvalue weighted by molar-refractivity contribution is 7.99. The summed E-state index contributed by atoms with van der Waals surface area (Å²) in [6.07, 6.45) is 2.27. The van der Waals surface area contributed by atoms with Gasteiger partial charge in [0, 0.05) is 24.2 Å². The molecule has 0 radical (unpaired) electrons. The fourth-order valence-electron chi connectivity index (χ4n) is 2.09. The lowest BCUT2D eigenvalue weighted by Crippen LogP contribution is -2.18. The molecule has 1 aromatic rings. The van der Waals surface area contributed by atoms with Crippen LogP contribution in [-0.4, -0.2) is 36.6 Å². The van der Waals surface area contributed by atoms with Crippen molar-refractivity contribution in [1.82, 2.24) is 0 Å². The zero-order chi connectivity index (χ0) is 13.5. The van der Waals surface area contributed by atoms with E-state index < -0.39 is 0 Å². The minimum atomic E-state index is 0.0488. The molecule has 0 unspecified atom stereocenters. The van der Waals surface area contributed by atoms with Crippen LogP contribution in [0.3, 0.4) is 0 Å². The van der Waals surface area contributed by atoms with Gasteiger partial charge in [0.05, 0.1) is 12.2 Å². The molecular formula is C15H20O3S. The van der Waals surface area contributed by atoms with Crippen molar-refractivity contribution in [2.75, 3.05) is 25.6 Å². The van der Waals surface area contributed by atoms with Gasteiger partial charge in [0.15, 0.2) is 5.78 Å². The number of rotatable bonds is 6. The monoisotopic (exact) mass is 280 g/mol. The Morgan fingerprint density at radius 3 is 2.84 bits per heavy atom. The van der Waals surface area contributed by atoms with Crippen LogP contribution < -0.4 is 4.74 Å². The van der Waals surface area contributed by atoms with E-state index in [0.717, 1.165) is 31.8 Å². The molecule has 1 fully saturated rings. The van der Waals surface area contributed by atoms with Gasteiger partial charge >= 0.3 is 0 Å². The van der Waals surface area contributed by atoms with Crippen LogP contribution in [0.1, 0.15) is 30.1 Å².